The summed E-state index contributed by atoms with van der Waals surface area (Å²) in [6.07, 6.45) is 1.68. The number of aromatic nitrogens is 4. The first-order valence-electron chi connectivity index (χ1n) is 9.46. The third-order valence-electron chi connectivity index (χ3n) is 5.34. The summed E-state index contributed by atoms with van der Waals surface area (Å²) < 4.78 is 21.4. The third kappa shape index (κ3) is 3.54. The Bertz CT molecular complexity index is 901. The van der Waals surface area contributed by atoms with E-state index >= 15 is 0 Å². The number of likely N-dealkylation sites (tertiary alicyclic amines) is 1. The van der Waals surface area contributed by atoms with Gasteiger partial charge in [0.15, 0.2) is 5.76 Å². The number of aromatic amines is 1. The van der Waals surface area contributed by atoms with Crippen molar-refractivity contribution in [1.82, 2.24) is 29.8 Å². The average molecular weight is 370 g/mol. The van der Waals surface area contributed by atoms with Gasteiger partial charge < -0.3 is 4.42 Å². The number of fused-ring (bicyclic) bond motifs is 1. The Morgan fingerprint density at radius 1 is 1.15 bits per heavy atom. The molecule has 142 valence electrons. The lowest BCUT2D eigenvalue weighted by atomic mass is 10.2. The number of halogens is 1. The molecule has 7 nitrogen and oxygen atoms in total. The van der Waals surface area contributed by atoms with E-state index in [0.717, 1.165) is 62.2 Å². The van der Waals surface area contributed by atoms with E-state index in [0.29, 0.717) is 13.0 Å². The molecule has 0 bridgehead atoms. The van der Waals surface area contributed by atoms with E-state index in [2.05, 4.69) is 30.7 Å². The van der Waals surface area contributed by atoms with Crippen LogP contribution in [0, 0.1) is 0 Å². The molecule has 0 radical (unpaired) electrons. The van der Waals surface area contributed by atoms with Crippen molar-refractivity contribution in [2.45, 2.75) is 38.8 Å². The molecule has 1 atom stereocenters. The summed E-state index contributed by atoms with van der Waals surface area (Å²) in [5, 5.41) is 11.6. The van der Waals surface area contributed by atoms with Gasteiger partial charge >= 0.3 is 0 Å². The Kier molecular flexibility index (Phi) is 4.29. The molecule has 0 aliphatic carbocycles. The Morgan fingerprint density at radius 3 is 2.93 bits per heavy atom. The van der Waals surface area contributed by atoms with Crippen LogP contribution < -0.4 is 0 Å². The number of nitrogens with zero attached hydrogens (tertiary/aromatic N) is 5. The van der Waals surface area contributed by atoms with Gasteiger partial charge in [0.25, 0.3) is 0 Å². The van der Waals surface area contributed by atoms with E-state index in [-0.39, 0.29) is 0 Å². The molecule has 2 aliphatic heterocycles. The highest BCUT2D eigenvalue weighted by Gasteiger charge is 2.24. The van der Waals surface area contributed by atoms with Gasteiger partial charge in [-0.05, 0) is 30.7 Å². The van der Waals surface area contributed by atoms with Gasteiger partial charge in [-0.3, -0.25) is 19.6 Å². The first-order valence-corrected chi connectivity index (χ1v) is 9.46. The molecule has 0 aromatic carbocycles. The highest BCUT2D eigenvalue weighted by atomic mass is 19.1. The van der Waals surface area contributed by atoms with Crippen LogP contribution in [0.25, 0.3) is 11.5 Å². The molecule has 3 aromatic rings. The molecule has 0 saturated carbocycles. The fourth-order valence-electron chi connectivity index (χ4n) is 3.97. The predicted octanol–water partition coefficient (Wildman–Crippen LogP) is 2.43. The summed E-state index contributed by atoms with van der Waals surface area (Å²) >= 11 is 0. The molecule has 5 rings (SSSR count). The number of hydrogen-bond acceptors (Lipinski definition) is 5. The SMILES string of the molecule is F[C@H]1CCN(Cc2cc3n(n2)CCN(Cc2ccc(-c4ccn[nH]4)o2)C3)C1. The molecular formula is C19H23FN6O. The standard InChI is InChI=1S/C19H23FN6O/c20-14-4-6-24(10-14)11-15-9-16-12-25(7-8-26(16)23-15)13-17-1-2-19(27-17)18-3-5-21-22-18/h1-3,5,9,14H,4,6-8,10-13H2,(H,21,22)/t14-/m0/s1. The number of nitrogens with one attached hydrogen (secondary N) is 1. The minimum atomic E-state index is -0.683. The second-order valence-electron chi connectivity index (χ2n) is 7.42. The smallest absolute Gasteiger partial charge is 0.152 e. The van der Waals surface area contributed by atoms with Crippen LogP contribution in [0.15, 0.2) is 34.9 Å². The maximum atomic E-state index is 13.4. The van der Waals surface area contributed by atoms with Crippen molar-refractivity contribution in [2.24, 2.45) is 0 Å². The molecule has 5 heterocycles. The van der Waals surface area contributed by atoms with Crippen LogP contribution >= 0.6 is 0 Å². The second-order valence-corrected chi connectivity index (χ2v) is 7.42. The molecule has 0 unspecified atom stereocenters. The zero-order valence-electron chi connectivity index (χ0n) is 15.1. The van der Waals surface area contributed by atoms with E-state index in [1.54, 1.807) is 6.20 Å². The van der Waals surface area contributed by atoms with Crippen molar-refractivity contribution < 1.29 is 8.81 Å². The van der Waals surface area contributed by atoms with Crippen molar-refractivity contribution in [3.05, 3.63) is 47.6 Å². The lowest BCUT2D eigenvalue weighted by Crippen LogP contribution is -2.33. The number of rotatable bonds is 5. The van der Waals surface area contributed by atoms with E-state index in [4.69, 9.17) is 9.52 Å². The number of alkyl halides is 1. The fraction of sp³-hybridized carbons (Fsp3) is 0.474. The maximum absolute atomic E-state index is 13.4. The van der Waals surface area contributed by atoms with E-state index in [1.807, 2.05) is 18.2 Å². The summed E-state index contributed by atoms with van der Waals surface area (Å²) in [5.74, 6) is 1.75. The molecule has 2 aliphatic rings. The van der Waals surface area contributed by atoms with Gasteiger partial charge in [-0.1, -0.05) is 0 Å². The van der Waals surface area contributed by atoms with E-state index in [1.165, 1.54) is 5.69 Å². The Hall–Kier alpha value is -2.45. The molecule has 0 amide bonds. The van der Waals surface area contributed by atoms with E-state index < -0.39 is 6.17 Å². The van der Waals surface area contributed by atoms with Crippen LogP contribution in [0.2, 0.25) is 0 Å². The largest absolute Gasteiger partial charge is 0.458 e. The molecule has 1 fully saturated rings. The van der Waals surface area contributed by atoms with Crippen LogP contribution in [-0.4, -0.2) is 55.6 Å². The van der Waals surface area contributed by atoms with Crippen LogP contribution in [0.5, 0.6) is 0 Å². The molecule has 8 heteroatoms. The highest BCUT2D eigenvalue weighted by molar-refractivity contribution is 5.51. The third-order valence-corrected chi connectivity index (χ3v) is 5.34. The lowest BCUT2D eigenvalue weighted by Gasteiger charge is -2.26. The lowest BCUT2D eigenvalue weighted by molar-refractivity contribution is 0.191. The molecule has 3 aromatic heterocycles. The van der Waals surface area contributed by atoms with Crippen molar-refractivity contribution >= 4 is 0 Å². The van der Waals surface area contributed by atoms with Gasteiger partial charge in [0, 0.05) is 38.9 Å². The average Bonchev–Trinajstić information content (AvgIpc) is 3.41. The van der Waals surface area contributed by atoms with Crippen LogP contribution in [0.1, 0.15) is 23.6 Å². The highest BCUT2D eigenvalue weighted by Crippen LogP contribution is 2.23. The number of H-pyrrole nitrogens is 1. The van der Waals surface area contributed by atoms with Crippen LogP contribution in [-0.2, 0) is 26.2 Å². The molecular weight excluding hydrogens is 347 g/mol. The summed E-state index contributed by atoms with van der Waals surface area (Å²) in [4.78, 5) is 4.51. The normalized spacial score (nSPS) is 21.0. The molecule has 1 saturated heterocycles. The minimum absolute atomic E-state index is 0.533. The van der Waals surface area contributed by atoms with Crippen LogP contribution in [0.4, 0.5) is 4.39 Å². The summed E-state index contributed by atoms with van der Waals surface area (Å²) in [6, 6.07) is 8.06. The van der Waals surface area contributed by atoms with Gasteiger partial charge in [0.05, 0.1) is 24.5 Å². The predicted molar refractivity (Wildman–Crippen MR) is 97.4 cm³/mol. The quantitative estimate of drug-likeness (QED) is 0.747. The Labute approximate surface area is 156 Å². The minimum Gasteiger partial charge on any atom is -0.458 e. The van der Waals surface area contributed by atoms with Gasteiger partial charge in [0.2, 0.25) is 0 Å². The topological polar surface area (TPSA) is 66.1 Å². The summed E-state index contributed by atoms with van der Waals surface area (Å²) in [7, 11) is 0. The van der Waals surface area contributed by atoms with Gasteiger partial charge in [0.1, 0.15) is 17.6 Å². The summed E-state index contributed by atoms with van der Waals surface area (Å²) in [6.45, 7) is 5.52. The maximum Gasteiger partial charge on any atom is 0.152 e. The number of furan rings is 1. The van der Waals surface area contributed by atoms with Gasteiger partial charge in [-0.15, -0.1) is 0 Å². The molecule has 27 heavy (non-hydrogen) atoms. The fourth-order valence-corrected chi connectivity index (χ4v) is 3.97. The summed E-state index contributed by atoms with van der Waals surface area (Å²) in [5.41, 5.74) is 3.15. The van der Waals surface area contributed by atoms with E-state index in [9.17, 15) is 4.39 Å². The van der Waals surface area contributed by atoms with Gasteiger partial charge in [-0.25, -0.2) is 4.39 Å². The van der Waals surface area contributed by atoms with Crippen molar-refractivity contribution in [1.29, 1.82) is 0 Å². The Balaban J connectivity index is 1.22. The van der Waals surface area contributed by atoms with Gasteiger partial charge in [-0.2, -0.15) is 10.2 Å². The van der Waals surface area contributed by atoms with Crippen LogP contribution in [0.3, 0.4) is 0 Å². The second kappa shape index (κ2) is 6.94. The first kappa shape index (κ1) is 16.7. The van der Waals surface area contributed by atoms with Crippen molar-refractivity contribution in [3.63, 3.8) is 0 Å². The zero-order chi connectivity index (χ0) is 18.2. The zero-order valence-corrected chi connectivity index (χ0v) is 15.1. The molecule has 1 N–H and O–H groups in total. The monoisotopic (exact) mass is 370 g/mol. The molecule has 0 spiro atoms. The van der Waals surface area contributed by atoms with Crippen molar-refractivity contribution in [3.8, 4) is 11.5 Å². The number of hydrogen-bond donors (Lipinski definition) is 1. The first-order chi connectivity index (χ1) is 13.2. The Morgan fingerprint density at radius 2 is 2.11 bits per heavy atom. The van der Waals surface area contributed by atoms with Crippen molar-refractivity contribution in [2.75, 3.05) is 19.6 Å².